The highest BCUT2D eigenvalue weighted by atomic mass is 32.2. The number of benzene rings is 1. The van der Waals surface area contributed by atoms with E-state index in [-0.39, 0.29) is 10.4 Å². The fourth-order valence-corrected chi connectivity index (χ4v) is 4.00. The topological polar surface area (TPSA) is 56.7 Å². The summed E-state index contributed by atoms with van der Waals surface area (Å²) in [5.74, 6) is 0.807. The molecule has 0 saturated carbocycles. The molecule has 128 valence electrons. The number of fused-ring (bicyclic) bond motifs is 1. The average molecular weight is 378 g/mol. The summed E-state index contributed by atoms with van der Waals surface area (Å²) in [4.78, 5) is 5.19. The Labute approximate surface area is 149 Å². The van der Waals surface area contributed by atoms with Crippen molar-refractivity contribution in [3.63, 3.8) is 0 Å². The standard InChI is InChI=1S/C16H12F2N4OS2/c1-9(13-20-21-14(23-13)12-7-4-8-24-12)25-16-19-10-5-2-3-6-11(10)22(16)15(17)18/h2-9,15H,1H3. The van der Waals surface area contributed by atoms with Crippen LogP contribution in [0.15, 0.2) is 51.4 Å². The van der Waals surface area contributed by atoms with Crippen LogP contribution in [0.3, 0.4) is 0 Å². The minimum absolute atomic E-state index is 0.222. The fraction of sp³-hybridized carbons (Fsp3) is 0.188. The molecule has 0 amide bonds. The molecule has 0 aliphatic heterocycles. The van der Waals surface area contributed by atoms with Gasteiger partial charge in [0.25, 0.3) is 5.89 Å². The Morgan fingerprint density at radius 2 is 2.00 bits per heavy atom. The van der Waals surface area contributed by atoms with Crippen LogP contribution in [0, 0.1) is 0 Å². The van der Waals surface area contributed by atoms with Gasteiger partial charge < -0.3 is 4.42 Å². The normalized spacial score (nSPS) is 13.0. The number of nitrogens with zero attached hydrogens (tertiary/aromatic N) is 4. The largest absolute Gasteiger partial charge is 0.419 e. The van der Waals surface area contributed by atoms with Crippen LogP contribution >= 0.6 is 23.1 Å². The van der Waals surface area contributed by atoms with Gasteiger partial charge in [0.05, 0.1) is 21.2 Å². The third-order valence-corrected chi connectivity index (χ3v) is 5.47. The zero-order valence-electron chi connectivity index (χ0n) is 13.0. The molecule has 3 aromatic heterocycles. The van der Waals surface area contributed by atoms with Crippen molar-refractivity contribution in [2.45, 2.75) is 23.9 Å². The molecule has 0 aliphatic carbocycles. The maximum absolute atomic E-state index is 13.5. The quantitative estimate of drug-likeness (QED) is 0.436. The van der Waals surface area contributed by atoms with Crippen molar-refractivity contribution in [2.24, 2.45) is 0 Å². The summed E-state index contributed by atoms with van der Waals surface area (Å²) in [5, 5.41) is 9.90. The van der Waals surface area contributed by atoms with E-state index >= 15 is 0 Å². The Kier molecular flexibility index (Phi) is 4.26. The average Bonchev–Trinajstić information content (AvgIpc) is 3.32. The third-order valence-electron chi connectivity index (χ3n) is 3.56. The Morgan fingerprint density at radius 1 is 1.16 bits per heavy atom. The number of rotatable bonds is 5. The smallest absolute Gasteiger partial charge is 0.321 e. The Morgan fingerprint density at radius 3 is 2.76 bits per heavy atom. The van der Waals surface area contributed by atoms with Crippen molar-refractivity contribution >= 4 is 34.1 Å². The van der Waals surface area contributed by atoms with Crippen molar-refractivity contribution in [3.05, 3.63) is 47.7 Å². The second-order valence-corrected chi connectivity index (χ2v) is 7.47. The number of thioether (sulfide) groups is 1. The number of thiophene rings is 1. The monoisotopic (exact) mass is 378 g/mol. The highest BCUT2D eigenvalue weighted by Gasteiger charge is 2.23. The summed E-state index contributed by atoms with van der Waals surface area (Å²) in [6.07, 6.45) is 0. The highest BCUT2D eigenvalue weighted by molar-refractivity contribution is 7.99. The molecule has 0 bridgehead atoms. The van der Waals surface area contributed by atoms with E-state index in [9.17, 15) is 8.78 Å². The maximum atomic E-state index is 13.5. The third kappa shape index (κ3) is 3.05. The minimum atomic E-state index is -2.67. The zero-order valence-corrected chi connectivity index (χ0v) is 14.6. The van der Waals surface area contributed by atoms with E-state index in [0.29, 0.717) is 22.8 Å². The number of alkyl halides is 2. The van der Waals surface area contributed by atoms with Crippen molar-refractivity contribution in [2.75, 3.05) is 0 Å². The van der Waals surface area contributed by atoms with E-state index in [0.717, 1.165) is 9.44 Å². The molecule has 9 heteroatoms. The molecule has 1 unspecified atom stereocenters. The molecule has 0 fully saturated rings. The van der Waals surface area contributed by atoms with Gasteiger partial charge in [-0.2, -0.15) is 8.78 Å². The van der Waals surface area contributed by atoms with E-state index < -0.39 is 6.55 Å². The summed E-state index contributed by atoms with van der Waals surface area (Å²) in [6.45, 7) is -0.850. The molecule has 0 saturated heterocycles. The molecule has 4 aromatic rings. The molecule has 3 heterocycles. The van der Waals surface area contributed by atoms with Crippen LogP contribution in [-0.4, -0.2) is 19.7 Å². The molecule has 0 aliphatic rings. The summed E-state index contributed by atoms with van der Waals surface area (Å²) < 4.78 is 33.6. The van der Waals surface area contributed by atoms with Crippen molar-refractivity contribution in [1.82, 2.24) is 19.7 Å². The minimum Gasteiger partial charge on any atom is -0.419 e. The lowest BCUT2D eigenvalue weighted by Gasteiger charge is -2.09. The van der Waals surface area contributed by atoms with Crippen molar-refractivity contribution in [1.29, 1.82) is 0 Å². The summed E-state index contributed by atoms with van der Waals surface area (Å²) in [7, 11) is 0. The van der Waals surface area contributed by atoms with Gasteiger partial charge in [-0.15, -0.1) is 21.5 Å². The second-order valence-electron chi connectivity index (χ2n) is 5.21. The van der Waals surface area contributed by atoms with Gasteiger partial charge in [0.1, 0.15) is 0 Å². The van der Waals surface area contributed by atoms with Crippen molar-refractivity contribution in [3.8, 4) is 10.8 Å². The first-order chi connectivity index (χ1) is 12.1. The molecule has 1 aromatic carbocycles. The van der Waals surface area contributed by atoms with E-state index in [4.69, 9.17) is 4.42 Å². The van der Waals surface area contributed by atoms with Gasteiger partial charge in [0.2, 0.25) is 5.89 Å². The molecule has 4 rings (SSSR count). The van der Waals surface area contributed by atoms with Gasteiger partial charge in [-0.3, -0.25) is 4.57 Å². The molecule has 0 spiro atoms. The van der Waals surface area contributed by atoms with Gasteiger partial charge >= 0.3 is 6.55 Å². The fourth-order valence-electron chi connectivity index (χ4n) is 2.40. The first-order valence-electron chi connectivity index (χ1n) is 7.42. The molecule has 0 N–H and O–H groups in total. The van der Waals surface area contributed by atoms with Gasteiger partial charge in [0.15, 0.2) is 5.16 Å². The summed E-state index contributed by atoms with van der Waals surface area (Å²) in [6, 6.07) is 10.6. The molecule has 1 atom stereocenters. The van der Waals surface area contributed by atoms with Gasteiger partial charge in [-0.1, -0.05) is 30.0 Å². The van der Waals surface area contributed by atoms with E-state index in [1.807, 2.05) is 24.4 Å². The number of imidazole rings is 1. The van der Waals surface area contributed by atoms with Crippen molar-refractivity contribution < 1.29 is 13.2 Å². The first kappa shape index (κ1) is 16.2. The van der Waals surface area contributed by atoms with Gasteiger partial charge in [0, 0.05) is 0 Å². The lowest BCUT2D eigenvalue weighted by atomic mass is 10.3. The van der Waals surface area contributed by atoms with Crippen LogP contribution in [0.2, 0.25) is 0 Å². The molecular weight excluding hydrogens is 366 g/mol. The predicted molar refractivity (Wildman–Crippen MR) is 92.9 cm³/mol. The van der Waals surface area contributed by atoms with Crippen LogP contribution in [0.5, 0.6) is 0 Å². The lowest BCUT2D eigenvalue weighted by Crippen LogP contribution is -2.01. The van der Waals surface area contributed by atoms with Gasteiger partial charge in [-0.05, 0) is 30.5 Å². The van der Waals surface area contributed by atoms with Gasteiger partial charge in [-0.25, -0.2) is 4.98 Å². The van der Waals surface area contributed by atoms with E-state index in [2.05, 4.69) is 15.2 Å². The number of aromatic nitrogens is 4. The number of halogens is 2. The Hall–Kier alpha value is -2.26. The van der Waals surface area contributed by atoms with Crippen LogP contribution in [0.25, 0.3) is 21.8 Å². The number of para-hydroxylation sites is 2. The van der Waals surface area contributed by atoms with E-state index in [1.54, 1.807) is 24.3 Å². The Bertz CT molecular complexity index is 997. The molecular formula is C16H12F2N4OS2. The zero-order chi connectivity index (χ0) is 17.4. The second kappa shape index (κ2) is 6.57. The van der Waals surface area contributed by atoms with Crippen LogP contribution in [-0.2, 0) is 0 Å². The SMILES string of the molecule is CC(Sc1nc2ccccc2n1C(F)F)c1nnc(-c2cccs2)o1. The predicted octanol–water partition coefficient (Wildman–Crippen LogP) is 5.40. The number of hydrogen-bond donors (Lipinski definition) is 0. The molecule has 5 nitrogen and oxygen atoms in total. The Balaban J connectivity index is 1.64. The van der Waals surface area contributed by atoms with Crippen LogP contribution in [0.1, 0.15) is 24.6 Å². The highest BCUT2D eigenvalue weighted by Crippen LogP contribution is 2.38. The summed E-state index contributed by atoms with van der Waals surface area (Å²) in [5.41, 5.74) is 0.930. The lowest BCUT2D eigenvalue weighted by molar-refractivity contribution is 0.0656. The van der Waals surface area contributed by atoms with Crippen LogP contribution < -0.4 is 0 Å². The molecule has 0 radical (unpaired) electrons. The maximum Gasteiger partial charge on any atom is 0.321 e. The number of hydrogen-bond acceptors (Lipinski definition) is 6. The molecule has 25 heavy (non-hydrogen) atoms. The summed E-state index contributed by atoms with van der Waals surface area (Å²) >= 11 is 2.66. The first-order valence-corrected chi connectivity index (χ1v) is 9.18. The van der Waals surface area contributed by atoms with Crippen LogP contribution in [0.4, 0.5) is 8.78 Å². The van der Waals surface area contributed by atoms with E-state index in [1.165, 1.54) is 23.1 Å².